The molecule has 0 saturated carbocycles. The second-order valence-corrected chi connectivity index (χ2v) is 3.27. The molecular formula is C11H7NO6. The van der Waals surface area contributed by atoms with Gasteiger partial charge in [0.15, 0.2) is 0 Å². The summed E-state index contributed by atoms with van der Waals surface area (Å²) in [6.45, 7) is 0. The maximum absolute atomic E-state index is 11.0. The van der Waals surface area contributed by atoms with Crippen LogP contribution in [0.4, 0.5) is 5.88 Å². The van der Waals surface area contributed by atoms with Crippen molar-refractivity contribution in [2.24, 2.45) is 0 Å². The van der Waals surface area contributed by atoms with Crippen LogP contribution in [0.2, 0.25) is 0 Å². The number of carbonyl (C=O) groups is 1. The smallest absolute Gasteiger partial charge is 0.433 e. The van der Waals surface area contributed by atoms with E-state index in [1.807, 2.05) is 0 Å². The zero-order chi connectivity index (χ0) is 13.1. The van der Waals surface area contributed by atoms with Gasteiger partial charge in [-0.1, -0.05) is 0 Å². The van der Waals surface area contributed by atoms with E-state index in [2.05, 4.69) is 0 Å². The molecule has 0 fully saturated rings. The van der Waals surface area contributed by atoms with Gasteiger partial charge in [0.1, 0.15) is 22.0 Å². The highest BCUT2D eigenvalue weighted by molar-refractivity contribution is 6.19. The van der Waals surface area contributed by atoms with Crippen molar-refractivity contribution >= 4 is 23.5 Å². The fourth-order valence-electron chi connectivity index (χ4n) is 1.33. The molecule has 2 heterocycles. The van der Waals surface area contributed by atoms with Crippen molar-refractivity contribution in [2.45, 2.75) is 0 Å². The number of carboxylic acids is 1. The molecule has 2 rings (SSSR count). The Bertz CT molecular complexity index is 607. The Morgan fingerprint density at radius 1 is 1.39 bits per heavy atom. The average Bonchev–Trinajstić information content (AvgIpc) is 2.96. The van der Waals surface area contributed by atoms with E-state index in [0.717, 1.165) is 12.1 Å². The first kappa shape index (κ1) is 11.6. The zero-order valence-electron chi connectivity index (χ0n) is 8.90. The summed E-state index contributed by atoms with van der Waals surface area (Å²) in [5.41, 5.74) is -0.149. The van der Waals surface area contributed by atoms with Crippen LogP contribution in [0.1, 0.15) is 11.5 Å². The molecule has 7 heteroatoms. The molecule has 0 aliphatic heterocycles. The Labute approximate surface area is 100 Å². The van der Waals surface area contributed by atoms with Gasteiger partial charge in [0.05, 0.1) is 12.3 Å². The lowest BCUT2D eigenvalue weighted by Gasteiger charge is -1.96. The summed E-state index contributed by atoms with van der Waals surface area (Å²) in [5.74, 6) is -1.47. The van der Waals surface area contributed by atoms with Crippen LogP contribution >= 0.6 is 0 Å². The number of rotatable bonds is 4. The van der Waals surface area contributed by atoms with Crippen LogP contribution in [0.3, 0.4) is 0 Å². The Kier molecular flexibility index (Phi) is 2.96. The van der Waals surface area contributed by atoms with Crippen LogP contribution in [0.15, 0.2) is 39.4 Å². The van der Waals surface area contributed by atoms with Gasteiger partial charge in [-0.3, -0.25) is 10.1 Å². The van der Waals surface area contributed by atoms with Gasteiger partial charge in [-0.05, 0) is 24.3 Å². The van der Waals surface area contributed by atoms with Gasteiger partial charge in [-0.15, -0.1) is 0 Å². The molecule has 0 saturated heterocycles. The molecule has 0 spiro atoms. The van der Waals surface area contributed by atoms with Gasteiger partial charge in [0, 0.05) is 0 Å². The highest BCUT2D eigenvalue weighted by atomic mass is 16.6. The van der Waals surface area contributed by atoms with Gasteiger partial charge in [0.25, 0.3) is 0 Å². The Balaban J connectivity index is 2.39. The molecule has 2 aromatic heterocycles. The molecule has 0 amide bonds. The number of aliphatic carboxylic acids is 1. The first-order valence-corrected chi connectivity index (χ1v) is 4.81. The lowest BCUT2D eigenvalue weighted by atomic mass is 10.2. The maximum atomic E-state index is 11.0. The van der Waals surface area contributed by atoms with Crippen molar-refractivity contribution < 1.29 is 23.7 Å². The summed E-state index contributed by atoms with van der Waals surface area (Å²) in [6, 6.07) is 5.46. The quantitative estimate of drug-likeness (QED) is 0.506. The number of hydrogen-bond acceptors (Lipinski definition) is 5. The summed E-state index contributed by atoms with van der Waals surface area (Å²) in [5, 5.41) is 19.4. The highest BCUT2D eigenvalue weighted by Crippen LogP contribution is 2.22. The molecule has 0 bridgehead atoms. The SMILES string of the molecule is O=C(O)C(=Cc1ccc([N+](=O)[O-])o1)c1ccco1. The van der Waals surface area contributed by atoms with E-state index in [-0.39, 0.29) is 17.1 Å². The summed E-state index contributed by atoms with van der Waals surface area (Å²) < 4.78 is 9.80. The third-order valence-electron chi connectivity index (χ3n) is 2.10. The van der Waals surface area contributed by atoms with Crippen molar-refractivity contribution in [3.05, 3.63) is 52.2 Å². The molecule has 0 radical (unpaired) electrons. The molecule has 0 aliphatic carbocycles. The summed E-state index contributed by atoms with van der Waals surface area (Å²) >= 11 is 0. The van der Waals surface area contributed by atoms with Crippen molar-refractivity contribution in [1.29, 1.82) is 0 Å². The lowest BCUT2D eigenvalue weighted by molar-refractivity contribution is -0.402. The van der Waals surface area contributed by atoms with Gasteiger partial charge in [0.2, 0.25) is 0 Å². The minimum absolute atomic E-state index is 0.0653. The van der Waals surface area contributed by atoms with Crippen LogP contribution in [0.25, 0.3) is 11.6 Å². The largest absolute Gasteiger partial charge is 0.478 e. The molecule has 0 aromatic carbocycles. The van der Waals surface area contributed by atoms with Gasteiger partial charge in [-0.25, -0.2) is 4.79 Å². The molecule has 0 aliphatic rings. The minimum atomic E-state index is -1.22. The molecule has 7 nitrogen and oxygen atoms in total. The lowest BCUT2D eigenvalue weighted by Crippen LogP contribution is -1.98. The second-order valence-electron chi connectivity index (χ2n) is 3.27. The third-order valence-corrected chi connectivity index (χ3v) is 2.10. The van der Waals surface area contributed by atoms with Crippen molar-refractivity contribution in [3.8, 4) is 0 Å². The predicted molar refractivity (Wildman–Crippen MR) is 59.6 cm³/mol. The number of hydrogen-bond donors (Lipinski definition) is 1. The number of furan rings is 2. The van der Waals surface area contributed by atoms with Crippen LogP contribution in [0, 0.1) is 10.1 Å². The first-order valence-electron chi connectivity index (χ1n) is 4.81. The average molecular weight is 249 g/mol. The molecule has 0 unspecified atom stereocenters. The number of carboxylic acid groups (broad SMARTS) is 1. The zero-order valence-corrected chi connectivity index (χ0v) is 8.90. The number of nitrogens with zero attached hydrogens (tertiary/aromatic N) is 1. The van der Waals surface area contributed by atoms with Gasteiger partial charge in [-0.2, -0.15) is 0 Å². The van der Waals surface area contributed by atoms with Gasteiger partial charge >= 0.3 is 11.9 Å². The number of nitro groups is 1. The topological polar surface area (TPSA) is 107 Å². The molecule has 92 valence electrons. The summed E-state index contributed by atoms with van der Waals surface area (Å²) in [7, 11) is 0. The van der Waals surface area contributed by atoms with Crippen LogP contribution < -0.4 is 0 Å². The van der Waals surface area contributed by atoms with Crippen molar-refractivity contribution in [3.63, 3.8) is 0 Å². The van der Waals surface area contributed by atoms with Crippen LogP contribution in [0.5, 0.6) is 0 Å². The summed E-state index contributed by atoms with van der Waals surface area (Å²) in [4.78, 5) is 20.8. The maximum Gasteiger partial charge on any atom is 0.433 e. The molecule has 2 aromatic rings. The predicted octanol–water partition coefficient (Wildman–Crippen LogP) is 2.41. The van der Waals surface area contributed by atoms with E-state index in [1.165, 1.54) is 24.5 Å². The van der Waals surface area contributed by atoms with E-state index in [4.69, 9.17) is 13.9 Å². The summed E-state index contributed by atoms with van der Waals surface area (Å²) in [6.07, 6.45) is 2.49. The third kappa shape index (κ3) is 2.29. The fraction of sp³-hybridized carbons (Fsp3) is 0. The van der Waals surface area contributed by atoms with Gasteiger partial charge < -0.3 is 13.9 Å². The van der Waals surface area contributed by atoms with E-state index in [9.17, 15) is 14.9 Å². The van der Waals surface area contributed by atoms with Crippen molar-refractivity contribution in [1.82, 2.24) is 0 Å². The molecule has 1 N–H and O–H groups in total. The Morgan fingerprint density at radius 3 is 2.67 bits per heavy atom. The monoisotopic (exact) mass is 249 g/mol. The van der Waals surface area contributed by atoms with Crippen molar-refractivity contribution in [2.75, 3.05) is 0 Å². The normalized spacial score (nSPS) is 11.4. The standard InChI is InChI=1S/C11H7NO6/c13-11(14)8(9-2-1-5-17-9)6-7-3-4-10(18-7)12(15)16/h1-6H,(H,13,14). The highest BCUT2D eigenvalue weighted by Gasteiger charge is 2.16. The first-order chi connectivity index (χ1) is 8.58. The fourth-order valence-corrected chi connectivity index (χ4v) is 1.33. The molecular weight excluding hydrogens is 242 g/mol. The van der Waals surface area contributed by atoms with Crippen LogP contribution in [-0.2, 0) is 4.79 Å². The van der Waals surface area contributed by atoms with Crippen LogP contribution in [-0.4, -0.2) is 16.0 Å². The van der Waals surface area contributed by atoms with E-state index in [1.54, 1.807) is 0 Å². The Hall–Kier alpha value is -2.83. The van der Waals surface area contributed by atoms with E-state index in [0.29, 0.717) is 0 Å². The van der Waals surface area contributed by atoms with E-state index < -0.39 is 16.8 Å². The van der Waals surface area contributed by atoms with E-state index >= 15 is 0 Å². The Morgan fingerprint density at radius 2 is 2.17 bits per heavy atom. The minimum Gasteiger partial charge on any atom is -0.478 e. The molecule has 18 heavy (non-hydrogen) atoms. The second kappa shape index (κ2) is 4.58. The molecule has 0 atom stereocenters.